The number of nitrogens with one attached hydrogen (secondary N) is 2. The summed E-state index contributed by atoms with van der Waals surface area (Å²) in [5, 5.41) is 14.5. The summed E-state index contributed by atoms with van der Waals surface area (Å²) in [5.74, 6) is 1.70. The van der Waals surface area contributed by atoms with Crippen molar-refractivity contribution in [3.63, 3.8) is 0 Å². The molecule has 0 aromatic carbocycles. The van der Waals surface area contributed by atoms with Gasteiger partial charge < -0.3 is 15.2 Å². The van der Waals surface area contributed by atoms with Gasteiger partial charge in [-0.05, 0) is 32.1 Å². The third kappa shape index (κ3) is 6.03. The van der Waals surface area contributed by atoms with Crippen LogP contribution in [0.5, 0.6) is 0 Å². The molecule has 0 saturated carbocycles. The molecule has 0 amide bonds. The first-order valence-electron chi connectivity index (χ1n) is 7.25. The van der Waals surface area contributed by atoms with Crippen molar-refractivity contribution in [2.45, 2.75) is 38.6 Å². The summed E-state index contributed by atoms with van der Waals surface area (Å²) in [7, 11) is 3.72. The molecular formula is C14H25IN6. The molecule has 0 spiro atoms. The van der Waals surface area contributed by atoms with Crippen LogP contribution in [0.3, 0.4) is 0 Å². The molecule has 2 rings (SSSR count). The Morgan fingerprint density at radius 1 is 1.38 bits per heavy atom. The summed E-state index contributed by atoms with van der Waals surface area (Å²) < 4.78 is 1.90. The van der Waals surface area contributed by atoms with Gasteiger partial charge in [0.05, 0.1) is 6.54 Å². The van der Waals surface area contributed by atoms with E-state index in [-0.39, 0.29) is 24.0 Å². The molecule has 1 aromatic rings. The van der Waals surface area contributed by atoms with Crippen LogP contribution in [0.1, 0.15) is 37.9 Å². The fraction of sp³-hybridized carbons (Fsp3) is 0.643. The molecule has 118 valence electrons. The number of aromatic nitrogens is 3. The first-order valence-corrected chi connectivity index (χ1v) is 7.25. The molecule has 21 heavy (non-hydrogen) atoms. The van der Waals surface area contributed by atoms with Crippen LogP contribution in [-0.2, 0) is 13.6 Å². The van der Waals surface area contributed by atoms with Gasteiger partial charge in [-0.15, -0.1) is 34.2 Å². The van der Waals surface area contributed by atoms with Crippen LogP contribution in [-0.4, -0.2) is 34.3 Å². The lowest BCUT2D eigenvalue weighted by Gasteiger charge is -2.15. The number of allylic oxidation sites excluding steroid dienone is 1. The third-order valence-electron chi connectivity index (χ3n) is 3.57. The minimum atomic E-state index is 0. The normalized spacial score (nSPS) is 15.1. The number of nitrogens with zero attached hydrogens (tertiary/aromatic N) is 4. The molecule has 2 N–H and O–H groups in total. The zero-order valence-electron chi connectivity index (χ0n) is 12.8. The minimum Gasteiger partial charge on any atom is -0.356 e. The Morgan fingerprint density at radius 2 is 2.24 bits per heavy atom. The number of hydrogen-bond donors (Lipinski definition) is 2. The van der Waals surface area contributed by atoms with E-state index in [4.69, 9.17) is 0 Å². The second kappa shape index (κ2) is 9.75. The zero-order valence-corrected chi connectivity index (χ0v) is 15.1. The van der Waals surface area contributed by atoms with Gasteiger partial charge in [-0.25, -0.2) is 0 Å². The van der Waals surface area contributed by atoms with E-state index in [1.54, 1.807) is 18.9 Å². The number of halogens is 1. The van der Waals surface area contributed by atoms with Gasteiger partial charge in [-0.2, -0.15) is 0 Å². The summed E-state index contributed by atoms with van der Waals surface area (Å²) in [6.45, 7) is 1.54. The quantitative estimate of drug-likeness (QED) is 0.341. The first kappa shape index (κ1) is 17.9. The van der Waals surface area contributed by atoms with Gasteiger partial charge in [0.1, 0.15) is 6.33 Å². The van der Waals surface area contributed by atoms with Crippen molar-refractivity contribution < 1.29 is 0 Å². The second-order valence-corrected chi connectivity index (χ2v) is 5.07. The van der Waals surface area contributed by atoms with E-state index in [9.17, 15) is 0 Å². The molecule has 0 aliphatic heterocycles. The van der Waals surface area contributed by atoms with Crippen molar-refractivity contribution in [2.24, 2.45) is 12.0 Å². The highest BCUT2D eigenvalue weighted by atomic mass is 127. The third-order valence-corrected chi connectivity index (χ3v) is 3.57. The van der Waals surface area contributed by atoms with E-state index < -0.39 is 0 Å². The summed E-state index contributed by atoms with van der Waals surface area (Å²) >= 11 is 0. The number of rotatable bonds is 5. The number of guanidine groups is 1. The average Bonchev–Trinajstić information content (AvgIpc) is 2.89. The summed E-state index contributed by atoms with van der Waals surface area (Å²) in [5.41, 5.74) is 1.58. The predicted molar refractivity (Wildman–Crippen MR) is 95.8 cm³/mol. The lowest BCUT2D eigenvalue weighted by molar-refractivity contribution is 0.663. The van der Waals surface area contributed by atoms with Crippen LogP contribution in [0, 0.1) is 0 Å². The molecule has 0 unspecified atom stereocenters. The Bertz CT molecular complexity index is 480. The van der Waals surface area contributed by atoms with Gasteiger partial charge in [0.25, 0.3) is 0 Å². The molecule has 6 nitrogen and oxygen atoms in total. The minimum absolute atomic E-state index is 0. The van der Waals surface area contributed by atoms with Crippen LogP contribution in [0.2, 0.25) is 0 Å². The molecule has 0 atom stereocenters. The lowest BCUT2D eigenvalue weighted by atomic mass is 9.97. The fourth-order valence-electron chi connectivity index (χ4n) is 2.32. The molecule has 0 bridgehead atoms. The van der Waals surface area contributed by atoms with Crippen molar-refractivity contribution in [2.75, 3.05) is 13.6 Å². The van der Waals surface area contributed by atoms with E-state index in [1.807, 2.05) is 11.6 Å². The molecule has 0 radical (unpaired) electrons. The van der Waals surface area contributed by atoms with Crippen molar-refractivity contribution in [3.05, 3.63) is 23.8 Å². The van der Waals surface area contributed by atoms with Crippen molar-refractivity contribution >= 4 is 29.9 Å². The smallest absolute Gasteiger partial charge is 0.191 e. The SMILES string of the molecule is CN=C(NCCC1=CCCCC1)NCc1nncn1C.I. The molecular weight excluding hydrogens is 379 g/mol. The molecule has 7 heteroatoms. The molecule has 1 heterocycles. The number of hydrogen-bond acceptors (Lipinski definition) is 3. The standard InChI is InChI=1S/C14H24N6.HI/c1-15-14(17-10-13-19-18-11-20(13)2)16-9-8-12-6-4-3-5-7-12;/h6,11H,3-5,7-10H2,1-2H3,(H2,15,16,17);1H. The van der Waals surface area contributed by atoms with Crippen molar-refractivity contribution in [3.8, 4) is 0 Å². The van der Waals surface area contributed by atoms with Crippen LogP contribution in [0.25, 0.3) is 0 Å². The van der Waals surface area contributed by atoms with Gasteiger partial charge in [-0.1, -0.05) is 11.6 Å². The van der Waals surface area contributed by atoms with Crippen molar-refractivity contribution in [1.29, 1.82) is 0 Å². The Hall–Kier alpha value is -1.12. The second-order valence-electron chi connectivity index (χ2n) is 5.07. The Morgan fingerprint density at radius 3 is 2.86 bits per heavy atom. The molecule has 1 aliphatic carbocycles. The van der Waals surface area contributed by atoms with Crippen LogP contribution < -0.4 is 10.6 Å². The summed E-state index contributed by atoms with van der Waals surface area (Å²) in [6.07, 6.45) is 10.4. The lowest BCUT2D eigenvalue weighted by Crippen LogP contribution is -2.37. The van der Waals surface area contributed by atoms with E-state index in [0.29, 0.717) is 6.54 Å². The van der Waals surface area contributed by atoms with E-state index in [1.165, 1.54) is 25.7 Å². The van der Waals surface area contributed by atoms with Crippen LogP contribution in [0.4, 0.5) is 0 Å². The largest absolute Gasteiger partial charge is 0.356 e. The summed E-state index contributed by atoms with van der Waals surface area (Å²) in [4.78, 5) is 4.22. The molecule has 1 aliphatic rings. The predicted octanol–water partition coefficient (Wildman–Crippen LogP) is 1.99. The van der Waals surface area contributed by atoms with Gasteiger partial charge in [0.15, 0.2) is 11.8 Å². The highest BCUT2D eigenvalue weighted by molar-refractivity contribution is 14.0. The fourth-order valence-corrected chi connectivity index (χ4v) is 2.32. The van der Waals surface area contributed by atoms with E-state index >= 15 is 0 Å². The maximum atomic E-state index is 4.22. The average molecular weight is 404 g/mol. The Kier molecular flexibility index (Phi) is 8.33. The van der Waals surface area contributed by atoms with Gasteiger partial charge in [0.2, 0.25) is 0 Å². The molecule has 1 aromatic heterocycles. The Balaban J connectivity index is 0.00000220. The van der Waals surface area contributed by atoms with E-state index in [0.717, 1.165) is 24.7 Å². The Labute approximate surface area is 143 Å². The molecule has 0 fully saturated rings. The first-order chi connectivity index (χ1) is 9.79. The maximum Gasteiger partial charge on any atom is 0.191 e. The highest BCUT2D eigenvalue weighted by Crippen LogP contribution is 2.19. The van der Waals surface area contributed by atoms with E-state index in [2.05, 4.69) is 31.9 Å². The maximum absolute atomic E-state index is 4.22. The number of aliphatic imine (C=N–C) groups is 1. The monoisotopic (exact) mass is 404 g/mol. The van der Waals surface area contributed by atoms with Crippen LogP contribution in [0.15, 0.2) is 23.0 Å². The van der Waals surface area contributed by atoms with Crippen LogP contribution >= 0.6 is 24.0 Å². The van der Waals surface area contributed by atoms with Crippen molar-refractivity contribution in [1.82, 2.24) is 25.4 Å². The van der Waals surface area contributed by atoms with Gasteiger partial charge in [0, 0.05) is 20.6 Å². The number of aryl methyl sites for hydroxylation is 1. The topological polar surface area (TPSA) is 67.1 Å². The highest BCUT2D eigenvalue weighted by Gasteiger charge is 2.05. The van der Waals surface area contributed by atoms with Gasteiger partial charge >= 0.3 is 0 Å². The zero-order chi connectivity index (χ0) is 14.2. The summed E-state index contributed by atoms with van der Waals surface area (Å²) in [6, 6.07) is 0. The van der Waals surface area contributed by atoms with Gasteiger partial charge in [-0.3, -0.25) is 4.99 Å². The molecule has 0 saturated heterocycles.